The van der Waals surface area contributed by atoms with Crippen LogP contribution in [-0.4, -0.2) is 22.3 Å². The lowest BCUT2D eigenvalue weighted by molar-refractivity contribution is 0.248. The second kappa shape index (κ2) is 7.00. The minimum Gasteiger partial charge on any atom is -0.335 e. The van der Waals surface area contributed by atoms with Crippen molar-refractivity contribution in [2.45, 2.75) is 32.7 Å². The molecule has 1 atom stereocenters. The van der Waals surface area contributed by atoms with Crippen LogP contribution in [0.15, 0.2) is 30.3 Å². The first kappa shape index (κ1) is 14.5. The van der Waals surface area contributed by atoms with Crippen molar-refractivity contribution in [3.05, 3.63) is 40.9 Å². The molecule has 5 nitrogen and oxygen atoms in total. The van der Waals surface area contributed by atoms with Crippen LogP contribution in [0.4, 0.5) is 9.93 Å². The van der Waals surface area contributed by atoms with Crippen LogP contribution in [0, 0.1) is 6.92 Å². The van der Waals surface area contributed by atoms with Crippen molar-refractivity contribution in [2.75, 3.05) is 5.32 Å². The van der Waals surface area contributed by atoms with Gasteiger partial charge in [0.1, 0.15) is 5.01 Å². The summed E-state index contributed by atoms with van der Waals surface area (Å²) < 4.78 is 0. The molecule has 0 aliphatic heterocycles. The minimum atomic E-state index is -0.235. The molecule has 1 heterocycles. The number of amides is 2. The molecule has 0 fully saturated rings. The maximum absolute atomic E-state index is 11.8. The van der Waals surface area contributed by atoms with Crippen molar-refractivity contribution < 1.29 is 4.79 Å². The Hall–Kier alpha value is -1.95. The van der Waals surface area contributed by atoms with Crippen molar-refractivity contribution in [2.24, 2.45) is 0 Å². The first-order valence-corrected chi connectivity index (χ1v) is 7.36. The van der Waals surface area contributed by atoms with E-state index >= 15 is 0 Å². The van der Waals surface area contributed by atoms with Crippen LogP contribution in [0.2, 0.25) is 0 Å². The third-order valence-electron chi connectivity index (χ3n) is 2.83. The van der Waals surface area contributed by atoms with E-state index < -0.39 is 0 Å². The third-order valence-corrected chi connectivity index (χ3v) is 3.59. The Bertz CT molecular complexity index is 555. The molecule has 0 spiro atoms. The van der Waals surface area contributed by atoms with Gasteiger partial charge in [-0.3, -0.25) is 5.32 Å². The summed E-state index contributed by atoms with van der Waals surface area (Å²) >= 11 is 1.36. The zero-order valence-corrected chi connectivity index (χ0v) is 12.4. The highest BCUT2D eigenvalue weighted by Crippen LogP contribution is 2.13. The molecule has 1 aromatic heterocycles. The number of aryl methyl sites for hydroxylation is 2. The van der Waals surface area contributed by atoms with E-state index in [2.05, 4.69) is 33.0 Å². The van der Waals surface area contributed by atoms with E-state index in [-0.39, 0.29) is 12.1 Å². The first-order valence-electron chi connectivity index (χ1n) is 6.55. The number of anilines is 1. The molecule has 0 saturated carbocycles. The van der Waals surface area contributed by atoms with Crippen LogP contribution >= 0.6 is 11.3 Å². The summed E-state index contributed by atoms with van der Waals surface area (Å²) in [6, 6.07) is 10.1. The summed E-state index contributed by atoms with van der Waals surface area (Å²) in [6.07, 6.45) is 1.84. The van der Waals surface area contributed by atoms with Crippen LogP contribution in [-0.2, 0) is 6.42 Å². The standard InChI is InChI=1S/C14H18N4OS/c1-10(8-9-12-6-4-3-5-7-12)15-13(19)16-14-18-17-11(2)20-14/h3-7,10H,8-9H2,1-2H3,(H2,15,16,18,19). The second-order valence-electron chi connectivity index (χ2n) is 4.65. The van der Waals surface area contributed by atoms with E-state index in [1.807, 2.05) is 32.0 Å². The fourth-order valence-corrected chi connectivity index (χ4v) is 2.39. The van der Waals surface area contributed by atoms with Gasteiger partial charge >= 0.3 is 6.03 Å². The molecule has 106 valence electrons. The molecule has 0 radical (unpaired) electrons. The van der Waals surface area contributed by atoms with E-state index in [1.54, 1.807) is 0 Å². The SMILES string of the molecule is Cc1nnc(NC(=O)NC(C)CCc2ccccc2)s1. The number of hydrogen-bond acceptors (Lipinski definition) is 4. The largest absolute Gasteiger partial charge is 0.335 e. The molecular formula is C14H18N4OS. The Balaban J connectivity index is 1.73. The third kappa shape index (κ3) is 4.62. The summed E-state index contributed by atoms with van der Waals surface area (Å²) in [7, 11) is 0. The van der Waals surface area contributed by atoms with Gasteiger partial charge in [-0.2, -0.15) is 0 Å². The van der Waals surface area contributed by atoms with Crippen molar-refractivity contribution in [3.63, 3.8) is 0 Å². The monoisotopic (exact) mass is 290 g/mol. The molecule has 1 aromatic carbocycles. The molecule has 2 rings (SSSR count). The fraction of sp³-hybridized carbons (Fsp3) is 0.357. The first-order chi connectivity index (χ1) is 9.63. The zero-order valence-electron chi connectivity index (χ0n) is 11.6. The van der Waals surface area contributed by atoms with E-state index in [1.165, 1.54) is 16.9 Å². The maximum Gasteiger partial charge on any atom is 0.321 e. The van der Waals surface area contributed by atoms with Gasteiger partial charge in [-0.1, -0.05) is 41.7 Å². The lowest BCUT2D eigenvalue weighted by Gasteiger charge is -2.13. The van der Waals surface area contributed by atoms with E-state index in [4.69, 9.17) is 0 Å². The second-order valence-corrected chi connectivity index (χ2v) is 5.83. The number of benzene rings is 1. The zero-order chi connectivity index (χ0) is 14.4. The molecule has 20 heavy (non-hydrogen) atoms. The number of urea groups is 1. The average molecular weight is 290 g/mol. The predicted molar refractivity (Wildman–Crippen MR) is 81.0 cm³/mol. The Kier molecular flexibility index (Phi) is 5.06. The molecule has 2 N–H and O–H groups in total. The highest BCUT2D eigenvalue weighted by molar-refractivity contribution is 7.15. The molecule has 0 bridgehead atoms. The number of nitrogens with zero attached hydrogens (tertiary/aromatic N) is 2. The van der Waals surface area contributed by atoms with Crippen LogP contribution in [0.5, 0.6) is 0 Å². The molecule has 1 unspecified atom stereocenters. The number of nitrogens with one attached hydrogen (secondary N) is 2. The predicted octanol–water partition coefficient (Wildman–Crippen LogP) is 2.99. The number of carbonyl (C=O) groups excluding carboxylic acids is 1. The number of hydrogen-bond donors (Lipinski definition) is 2. The molecule has 0 saturated heterocycles. The van der Waals surface area contributed by atoms with Gasteiger partial charge in [0.15, 0.2) is 0 Å². The van der Waals surface area contributed by atoms with Gasteiger partial charge in [0, 0.05) is 6.04 Å². The average Bonchev–Trinajstić information content (AvgIpc) is 2.83. The molecule has 0 aliphatic carbocycles. The van der Waals surface area contributed by atoms with Crippen LogP contribution < -0.4 is 10.6 Å². The summed E-state index contributed by atoms with van der Waals surface area (Å²) in [6.45, 7) is 3.84. The van der Waals surface area contributed by atoms with E-state index in [0.717, 1.165) is 17.8 Å². The minimum absolute atomic E-state index is 0.101. The number of rotatable bonds is 5. The molecule has 2 aromatic rings. The Morgan fingerprint density at radius 1 is 1.30 bits per heavy atom. The summed E-state index contributed by atoms with van der Waals surface area (Å²) in [5, 5.41) is 14.6. The molecule has 2 amide bonds. The summed E-state index contributed by atoms with van der Waals surface area (Å²) in [5.41, 5.74) is 1.28. The van der Waals surface area contributed by atoms with Gasteiger partial charge in [-0.05, 0) is 32.3 Å². The van der Waals surface area contributed by atoms with Gasteiger partial charge in [-0.15, -0.1) is 10.2 Å². The van der Waals surface area contributed by atoms with Crippen LogP contribution in [0.25, 0.3) is 0 Å². The van der Waals surface area contributed by atoms with Crippen molar-refractivity contribution in [3.8, 4) is 0 Å². The lowest BCUT2D eigenvalue weighted by atomic mass is 10.1. The van der Waals surface area contributed by atoms with Crippen LogP contribution in [0.1, 0.15) is 23.9 Å². The highest BCUT2D eigenvalue weighted by Gasteiger charge is 2.09. The molecule has 6 heteroatoms. The van der Waals surface area contributed by atoms with Crippen molar-refractivity contribution >= 4 is 22.5 Å². The normalized spacial score (nSPS) is 11.9. The fourth-order valence-electron chi connectivity index (χ4n) is 1.80. The summed E-state index contributed by atoms with van der Waals surface area (Å²) in [4.78, 5) is 11.8. The number of carbonyl (C=O) groups is 1. The van der Waals surface area contributed by atoms with Gasteiger partial charge in [-0.25, -0.2) is 4.79 Å². The highest BCUT2D eigenvalue weighted by atomic mass is 32.1. The summed E-state index contributed by atoms with van der Waals surface area (Å²) in [5.74, 6) is 0. The van der Waals surface area contributed by atoms with Gasteiger partial charge in [0.05, 0.1) is 0 Å². The smallest absolute Gasteiger partial charge is 0.321 e. The lowest BCUT2D eigenvalue weighted by Crippen LogP contribution is -2.36. The van der Waals surface area contributed by atoms with Crippen LogP contribution in [0.3, 0.4) is 0 Å². The molecular weight excluding hydrogens is 272 g/mol. The molecule has 0 aliphatic rings. The van der Waals surface area contributed by atoms with Crippen molar-refractivity contribution in [1.29, 1.82) is 0 Å². The number of aromatic nitrogens is 2. The maximum atomic E-state index is 11.8. The Morgan fingerprint density at radius 2 is 2.05 bits per heavy atom. The van der Waals surface area contributed by atoms with Gasteiger partial charge in [0.25, 0.3) is 0 Å². The van der Waals surface area contributed by atoms with Gasteiger partial charge < -0.3 is 5.32 Å². The topological polar surface area (TPSA) is 66.9 Å². The Morgan fingerprint density at radius 3 is 2.70 bits per heavy atom. The van der Waals surface area contributed by atoms with Crippen molar-refractivity contribution in [1.82, 2.24) is 15.5 Å². The van der Waals surface area contributed by atoms with E-state index in [0.29, 0.717) is 5.13 Å². The quantitative estimate of drug-likeness (QED) is 0.889. The van der Waals surface area contributed by atoms with Gasteiger partial charge in [0.2, 0.25) is 5.13 Å². The Labute approximate surface area is 122 Å². The van der Waals surface area contributed by atoms with E-state index in [9.17, 15) is 4.79 Å².